The van der Waals surface area contributed by atoms with E-state index in [2.05, 4.69) is 5.32 Å². The van der Waals surface area contributed by atoms with Crippen molar-refractivity contribution in [2.24, 2.45) is 0 Å². The Hall–Kier alpha value is -2.04. The van der Waals surface area contributed by atoms with Crippen molar-refractivity contribution >= 4 is 17.7 Å². The predicted molar refractivity (Wildman–Crippen MR) is 72.4 cm³/mol. The number of rotatable bonds is 3. The highest BCUT2D eigenvalue weighted by Gasteiger charge is 2.20. The number of carbonyl (C=O) groups is 2. The number of nitrogens with one attached hydrogen (secondary N) is 1. The number of carboxylic acid groups (broad SMARTS) is 1. The molecule has 2 rings (SSSR count). The van der Waals surface area contributed by atoms with Crippen LogP contribution in [0.25, 0.3) is 0 Å². The summed E-state index contributed by atoms with van der Waals surface area (Å²) in [7, 11) is 0. The number of urea groups is 1. The lowest BCUT2D eigenvalue weighted by molar-refractivity contribution is -0.136. The zero-order valence-corrected chi connectivity index (χ0v) is 10.8. The lowest BCUT2D eigenvalue weighted by Gasteiger charge is -2.23. The van der Waals surface area contributed by atoms with E-state index in [-0.39, 0.29) is 19.0 Å². The van der Waals surface area contributed by atoms with E-state index in [0.29, 0.717) is 6.54 Å². The average molecular weight is 262 g/mol. The van der Waals surface area contributed by atoms with E-state index in [1.165, 1.54) is 5.56 Å². The van der Waals surface area contributed by atoms with Crippen LogP contribution >= 0.6 is 0 Å². The molecule has 0 atom stereocenters. The number of amides is 2. The van der Waals surface area contributed by atoms with Gasteiger partial charge >= 0.3 is 12.0 Å². The number of hydrogen-bond acceptors (Lipinski definition) is 2. The van der Waals surface area contributed by atoms with Crippen LogP contribution in [0, 0.1) is 0 Å². The van der Waals surface area contributed by atoms with Gasteiger partial charge in [0.1, 0.15) is 0 Å². The molecule has 5 heteroatoms. The van der Waals surface area contributed by atoms with Gasteiger partial charge in [-0.1, -0.05) is 18.2 Å². The zero-order chi connectivity index (χ0) is 13.7. The molecular weight excluding hydrogens is 244 g/mol. The standard InChI is InChI=1S/C14H18N2O3/c17-13(18)8-9-15-14(19)16-10-4-3-6-11-5-1-2-7-12(11)16/h1-2,5,7H,3-4,6,8-10H2,(H,15,19)(H,17,18). The molecule has 0 saturated carbocycles. The van der Waals surface area contributed by atoms with E-state index < -0.39 is 5.97 Å². The number of aliphatic carboxylic acids is 1. The first-order chi connectivity index (χ1) is 9.18. The van der Waals surface area contributed by atoms with Gasteiger partial charge in [-0.3, -0.25) is 9.69 Å². The van der Waals surface area contributed by atoms with Gasteiger partial charge in [-0.05, 0) is 30.9 Å². The number of carbonyl (C=O) groups excluding carboxylic acids is 1. The van der Waals surface area contributed by atoms with Gasteiger partial charge in [-0.25, -0.2) is 4.79 Å². The first kappa shape index (κ1) is 13.4. The van der Waals surface area contributed by atoms with Gasteiger partial charge in [-0.15, -0.1) is 0 Å². The van der Waals surface area contributed by atoms with E-state index in [4.69, 9.17) is 5.11 Å². The SMILES string of the molecule is O=C(O)CCNC(=O)N1CCCCc2ccccc21. The van der Waals surface area contributed by atoms with E-state index in [1.54, 1.807) is 4.90 Å². The Morgan fingerprint density at radius 2 is 2.05 bits per heavy atom. The minimum Gasteiger partial charge on any atom is -0.481 e. The molecule has 19 heavy (non-hydrogen) atoms. The fraction of sp³-hybridized carbons (Fsp3) is 0.429. The Balaban J connectivity index is 2.06. The minimum absolute atomic E-state index is 0.0543. The van der Waals surface area contributed by atoms with Gasteiger partial charge in [-0.2, -0.15) is 0 Å². The van der Waals surface area contributed by atoms with Crippen molar-refractivity contribution in [3.63, 3.8) is 0 Å². The Labute approximate surface area is 112 Å². The van der Waals surface area contributed by atoms with Crippen molar-refractivity contribution in [2.75, 3.05) is 18.0 Å². The molecule has 1 aliphatic rings. The molecule has 0 saturated heterocycles. The number of hydrogen-bond donors (Lipinski definition) is 2. The van der Waals surface area contributed by atoms with Crippen molar-refractivity contribution in [3.05, 3.63) is 29.8 Å². The third kappa shape index (κ3) is 3.47. The van der Waals surface area contributed by atoms with Crippen molar-refractivity contribution < 1.29 is 14.7 Å². The van der Waals surface area contributed by atoms with E-state index in [9.17, 15) is 9.59 Å². The molecule has 0 aromatic heterocycles. The summed E-state index contributed by atoms with van der Waals surface area (Å²) in [5.74, 6) is -0.906. The van der Waals surface area contributed by atoms with Crippen LogP contribution < -0.4 is 10.2 Å². The maximum atomic E-state index is 12.1. The van der Waals surface area contributed by atoms with Crippen LogP contribution in [0.1, 0.15) is 24.8 Å². The first-order valence-electron chi connectivity index (χ1n) is 6.53. The van der Waals surface area contributed by atoms with Crippen LogP contribution in [0.5, 0.6) is 0 Å². The maximum Gasteiger partial charge on any atom is 0.321 e. The van der Waals surface area contributed by atoms with Crippen LogP contribution in [-0.2, 0) is 11.2 Å². The van der Waals surface area contributed by atoms with Gasteiger partial charge < -0.3 is 10.4 Å². The molecule has 1 aromatic rings. The highest BCUT2D eigenvalue weighted by Crippen LogP contribution is 2.25. The second-order valence-corrected chi connectivity index (χ2v) is 4.61. The van der Waals surface area contributed by atoms with Crippen LogP contribution in [0.15, 0.2) is 24.3 Å². The molecule has 0 spiro atoms. The van der Waals surface area contributed by atoms with Crippen LogP contribution in [-0.4, -0.2) is 30.2 Å². The van der Waals surface area contributed by atoms with Gasteiger partial charge in [0, 0.05) is 18.8 Å². The molecule has 2 N–H and O–H groups in total. The Kier molecular flexibility index (Phi) is 4.39. The fourth-order valence-electron chi connectivity index (χ4n) is 2.27. The monoisotopic (exact) mass is 262 g/mol. The number of carboxylic acids is 1. The summed E-state index contributed by atoms with van der Waals surface area (Å²) in [5.41, 5.74) is 2.11. The summed E-state index contributed by atoms with van der Waals surface area (Å²) in [4.78, 5) is 24.3. The van der Waals surface area contributed by atoms with E-state index in [0.717, 1.165) is 24.9 Å². The summed E-state index contributed by atoms with van der Waals surface area (Å²) in [6, 6.07) is 7.66. The smallest absolute Gasteiger partial charge is 0.321 e. The average Bonchev–Trinajstić information content (AvgIpc) is 2.60. The van der Waals surface area contributed by atoms with Gasteiger partial charge in [0.2, 0.25) is 0 Å². The van der Waals surface area contributed by atoms with Crippen molar-refractivity contribution in [3.8, 4) is 0 Å². The minimum atomic E-state index is -0.906. The van der Waals surface area contributed by atoms with Crippen LogP contribution in [0.4, 0.5) is 10.5 Å². The third-order valence-electron chi connectivity index (χ3n) is 3.22. The predicted octanol–water partition coefficient (Wildman–Crippen LogP) is 2.01. The molecule has 0 radical (unpaired) electrons. The quantitative estimate of drug-likeness (QED) is 0.875. The topological polar surface area (TPSA) is 69.6 Å². The fourth-order valence-corrected chi connectivity index (χ4v) is 2.27. The number of nitrogens with zero attached hydrogens (tertiary/aromatic N) is 1. The van der Waals surface area contributed by atoms with Gasteiger partial charge in [0.15, 0.2) is 0 Å². The zero-order valence-electron chi connectivity index (χ0n) is 10.8. The van der Waals surface area contributed by atoms with Gasteiger partial charge in [0.05, 0.1) is 6.42 Å². The lowest BCUT2D eigenvalue weighted by Crippen LogP contribution is -2.41. The maximum absolute atomic E-state index is 12.1. The number of anilines is 1. The molecule has 1 aliphatic heterocycles. The summed E-state index contributed by atoms with van der Waals surface area (Å²) in [6.45, 7) is 0.836. The van der Waals surface area contributed by atoms with E-state index >= 15 is 0 Å². The molecule has 2 amide bonds. The number of fused-ring (bicyclic) bond motifs is 1. The largest absolute Gasteiger partial charge is 0.481 e. The van der Waals surface area contributed by atoms with Crippen molar-refractivity contribution in [2.45, 2.75) is 25.7 Å². The van der Waals surface area contributed by atoms with E-state index in [1.807, 2.05) is 24.3 Å². The van der Waals surface area contributed by atoms with Crippen molar-refractivity contribution in [1.29, 1.82) is 0 Å². The number of para-hydroxylation sites is 1. The molecule has 102 valence electrons. The number of aryl methyl sites for hydroxylation is 1. The molecular formula is C14H18N2O3. The Morgan fingerprint density at radius 3 is 2.84 bits per heavy atom. The highest BCUT2D eigenvalue weighted by atomic mass is 16.4. The van der Waals surface area contributed by atoms with Crippen LogP contribution in [0.3, 0.4) is 0 Å². The van der Waals surface area contributed by atoms with Gasteiger partial charge in [0.25, 0.3) is 0 Å². The summed E-state index contributed by atoms with van der Waals surface area (Å²) >= 11 is 0. The lowest BCUT2D eigenvalue weighted by atomic mass is 10.1. The molecule has 0 bridgehead atoms. The summed E-state index contributed by atoms with van der Waals surface area (Å²) in [5, 5.41) is 11.2. The van der Waals surface area contributed by atoms with Crippen molar-refractivity contribution in [1.82, 2.24) is 5.32 Å². The normalized spacial score (nSPS) is 14.4. The molecule has 1 aromatic carbocycles. The molecule has 0 fully saturated rings. The Morgan fingerprint density at radius 1 is 1.26 bits per heavy atom. The summed E-state index contributed by atoms with van der Waals surface area (Å²) < 4.78 is 0. The third-order valence-corrected chi connectivity index (χ3v) is 3.22. The highest BCUT2D eigenvalue weighted by molar-refractivity contribution is 5.93. The number of benzene rings is 1. The molecule has 5 nitrogen and oxygen atoms in total. The first-order valence-corrected chi connectivity index (χ1v) is 6.53. The second-order valence-electron chi connectivity index (χ2n) is 4.61. The molecule has 1 heterocycles. The summed E-state index contributed by atoms with van der Waals surface area (Å²) in [6.07, 6.45) is 2.95. The molecule has 0 aliphatic carbocycles. The molecule has 0 unspecified atom stereocenters. The van der Waals surface area contributed by atoms with Crippen LogP contribution in [0.2, 0.25) is 0 Å². The second kappa shape index (κ2) is 6.22. The Bertz CT molecular complexity index is 474.